The van der Waals surface area contributed by atoms with Crippen LogP contribution in [0.5, 0.6) is 0 Å². The van der Waals surface area contributed by atoms with E-state index in [1.807, 2.05) is 25.1 Å². The van der Waals surface area contributed by atoms with Crippen LogP contribution in [0, 0.1) is 6.92 Å². The summed E-state index contributed by atoms with van der Waals surface area (Å²) < 4.78 is 29.5. The third-order valence-corrected chi connectivity index (χ3v) is 7.46. The molecule has 0 aliphatic carbocycles. The number of carbonyl (C=O) groups excluding carboxylic acids is 1. The lowest BCUT2D eigenvalue weighted by atomic mass is 9.87. The lowest BCUT2D eigenvalue weighted by Gasteiger charge is -2.36. The van der Waals surface area contributed by atoms with Crippen LogP contribution >= 0.6 is 0 Å². The monoisotopic (exact) mass is 485 g/mol. The molecule has 0 unspecified atom stereocenters. The standard InChI is InChI=1S/C23H31N7O3S/c1-17-15-20(30-22(27-17)24-16-25-30)28-11-13-29(14-12-28)21(31)9-10-26-34(32,33)19-7-5-18(6-8-19)23(2,3)4/h5-8,15-16,26H,9-14H2,1-4H3. The predicted octanol–water partition coefficient (Wildman–Crippen LogP) is 1.75. The van der Waals surface area contributed by atoms with Crippen molar-refractivity contribution in [3.63, 3.8) is 0 Å². The molecule has 1 aromatic carbocycles. The topological polar surface area (TPSA) is 113 Å². The van der Waals surface area contributed by atoms with Gasteiger partial charge >= 0.3 is 0 Å². The average Bonchev–Trinajstić information content (AvgIpc) is 3.26. The van der Waals surface area contributed by atoms with Gasteiger partial charge < -0.3 is 9.80 Å². The Bertz CT molecular complexity index is 1270. The fourth-order valence-corrected chi connectivity index (χ4v) is 5.02. The Morgan fingerprint density at radius 1 is 1.09 bits per heavy atom. The lowest BCUT2D eigenvalue weighted by Crippen LogP contribution is -2.49. The zero-order valence-corrected chi connectivity index (χ0v) is 20.8. The Morgan fingerprint density at radius 2 is 1.76 bits per heavy atom. The second-order valence-corrected chi connectivity index (χ2v) is 11.3. The summed E-state index contributed by atoms with van der Waals surface area (Å²) in [6, 6.07) is 8.84. The Hall–Kier alpha value is -3.05. The van der Waals surface area contributed by atoms with Gasteiger partial charge in [0.15, 0.2) is 0 Å². The summed E-state index contributed by atoms with van der Waals surface area (Å²) in [7, 11) is -3.66. The Labute approximate surface area is 200 Å². The number of piperazine rings is 1. The minimum Gasteiger partial charge on any atom is -0.353 e. The summed E-state index contributed by atoms with van der Waals surface area (Å²) in [6.45, 7) is 10.6. The van der Waals surface area contributed by atoms with Crippen molar-refractivity contribution in [1.29, 1.82) is 0 Å². The first-order valence-electron chi connectivity index (χ1n) is 11.3. The van der Waals surface area contributed by atoms with E-state index in [1.54, 1.807) is 21.5 Å². The molecule has 1 amide bonds. The van der Waals surface area contributed by atoms with Gasteiger partial charge in [0, 0.05) is 50.9 Å². The molecular weight excluding hydrogens is 454 g/mol. The molecule has 4 rings (SSSR count). The minimum atomic E-state index is -3.66. The van der Waals surface area contributed by atoms with Crippen LogP contribution in [0.15, 0.2) is 41.6 Å². The summed E-state index contributed by atoms with van der Waals surface area (Å²) in [5.41, 5.74) is 1.87. The third kappa shape index (κ3) is 5.20. The second kappa shape index (κ2) is 9.30. The molecule has 11 heteroatoms. The van der Waals surface area contributed by atoms with Crippen molar-refractivity contribution in [2.24, 2.45) is 0 Å². The first-order chi connectivity index (χ1) is 16.0. The van der Waals surface area contributed by atoms with Crippen LogP contribution in [-0.2, 0) is 20.2 Å². The van der Waals surface area contributed by atoms with Crippen molar-refractivity contribution >= 4 is 27.5 Å². The van der Waals surface area contributed by atoms with E-state index in [2.05, 4.69) is 45.5 Å². The van der Waals surface area contributed by atoms with Gasteiger partial charge in [-0.2, -0.15) is 14.6 Å². The SMILES string of the molecule is Cc1cc(N2CCN(C(=O)CCNS(=O)(=O)c3ccc(C(C)(C)C)cc3)CC2)n2ncnc2n1. The van der Waals surface area contributed by atoms with Crippen LogP contribution in [0.25, 0.3) is 5.78 Å². The number of nitrogens with zero attached hydrogens (tertiary/aromatic N) is 6. The predicted molar refractivity (Wildman–Crippen MR) is 129 cm³/mol. The molecule has 182 valence electrons. The number of rotatable bonds is 6. The van der Waals surface area contributed by atoms with Gasteiger partial charge in [-0.05, 0) is 30.0 Å². The molecule has 34 heavy (non-hydrogen) atoms. The number of hydrogen-bond acceptors (Lipinski definition) is 7. The van der Waals surface area contributed by atoms with Gasteiger partial charge in [-0.3, -0.25) is 4.79 Å². The molecule has 0 atom stereocenters. The molecule has 0 saturated carbocycles. The van der Waals surface area contributed by atoms with E-state index in [9.17, 15) is 13.2 Å². The number of nitrogens with one attached hydrogen (secondary N) is 1. The number of fused-ring (bicyclic) bond motifs is 1. The number of sulfonamides is 1. The smallest absolute Gasteiger partial charge is 0.254 e. The summed E-state index contributed by atoms with van der Waals surface area (Å²) >= 11 is 0. The number of benzene rings is 1. The number of hydrogen-bond donors (Lipinski definition) is 1. The Morgan fingerprint density at radius 3 is 2.41 bits per heavy atom. The molecule has 2 aromatic heterocycles. The van der Waals surface area contributed by atoms with Crippen LogP contribution in [0.3, 0.4) is 0 Å². The number of carbonyl (C=O) groups is 1. The summed E-state index contributed by atoms with van der Waals surface area (Å²) in [6.07, 6.45) is 1.59. The van der Waals surface area contributed by atoms with Crippen molar-refractivity contribution in [2.45, 2.75) is 44.4 Å². The molecule has 1 saturated heterocycles. The molecule has 1 aliphatic heterocycles. The number of amides is 1. The van der Waals surface area contributed by atoms with Gasteiger partial charge in [0.1, 0.15) is 12.1 Å². The molecule has 1 fully saturated rings. The van der Waals surface area contributed by atoms with E-state index in [1.165, 1.54) is 6.33 Å². The van der Waals surface area contributed by atoms with Crippen molar-refractivity contribution in [1.82, 2.24) is 29.2 Å². The first kappa shape index (κ1) is 24.1. The lowest BCUT2D eigenvalue weighted by molar-refractivity contribution is -0.131. The highest BCUT2D eigenvalue weighted by molar-refractivity contribution is 7.89. The minimum absolute atomic E-state index is 0.0519. The molecular formula is C23H31N7O3S. The van der Waals surface area contributed by atoms with E-state index >= 15 is 0 Å². The zero-order valence-electron chi connectivity index (χ0n) is 20.0. The highest BCUT2D eigenvalue weighted by atomic mass is 32.2. The van der Waals surface area contributed by atoms with E-state index in [0.29, 0.717) is 32.0 Å². The van der Waals surface area contributed by atoms with Gasteiger partial charge in [-0.1, -0.05) is 32.9 Å². The quantitative estimate of drug-likeness (QED) is 0.566. The zero-order chi connectivity index (χ0) is 24.5. The fraction of sp³-hybridized carbons (Fsp3) is 0.478. The van der Waals surface area contributed by atoms with Crippen LogP contribution in [0.1, 0.15) is 38.4 Å². The number of anilines is 1. The number of aryl methyl sites for hydroxylation is 1. The Balaban J connectivity index is 1.29. The fourth-order valence-electron chi connectivity index (χ4n) is 3.99. The Kier molecular flexibility index (Phi) is 6.59. The van der Waals surface area contributed by atoms with Crippen molar-refractivity contribution in [3.05, 3.63) is 47.9 Å². The normalized spacial score (nSPS) is 15.2. The molecule has 1 aliphatic rings. The second-order valence-electron chi connectivity index (χ2n) is 9.52. The highest BCUT2D eigenvalue weighted by Crippen LogP contribution is 2.23. The third-order valence-electron chi connectivity index (χ3n) is 5.98. The summed E-state index contributed by atoms with van der Waals surface area (Å²) in [5.74, 6) is 1.38. The van der Waals surface area contributed by atoms with Crippen molar-refractivity contribution in [3.8, 4) is 0 Å². The maximum absolute atomic E-state index is 12.7. The van der Waals surface area contributed by atoms with Crippen LogP contribution in [0.4, 0.5) is 5.82 Å². The van der Waals surface area contributed by atoms with Crippen molar-refractivity contribution < 1.29 is 13.2 Å². The molecule has 3 heterocycles. The summed E-state index contributed by atoms with van der Waals surface area (Å²) in [4.78, 5) is 25.3. The molecule has 1 N–H and O–H groups in total. The van der Waals surface area contributed by atoms with Gasteiger partial charge in [-0.25, -0.2) is 18.1 Å². The largest absolute Gasteiger partial charge is 0.353 e. The van der Waals surface area contributed by atoms with E-state index in [4.69, 9.17) is 0 Å². The first-order valence-corrected chi connectivity index (χ1v) is 12.8. The van der Waals surface area contributed by atoms with Gasteiger partial charge in [-0.15, -0.1) is 0 Å². The van der Waals surface area contributed by atoms with E-state index in [-0.39, 0.29) is 29.2 Å². The van der Waals surface area contributed by atoms with Crippen LogP contribution < -0.4 is 9.62 Å². The van der Waals surface area contributed by atoms with Crippen LogP contribution in [-0.4, -0.2) is 71.5 Å². The highest BCUT2D eigenvalue weighted by Gasteiger charge is 2.24. The van der Waals surface area contributed by atoms with E-state index < -0.39 is 10.0 Å². The van der Waals surface area contributed by atoms with Crippen molar-refractivity contribution in [2.75, 3.05) is 37.6 Å². The van der Waals surface area contributed by atoms with Gasteiger partial charge in [0.05, 0.1) is 4.90 Å². The van der Waals surface area contributed by atoms with Crippen LogP contribution in [0.2, 0.25) is 0 Å². The maximum atomic E-state index is 12.7. The van der Waals surface area contributed by atoms with Gasteiger partial charge in [0.2, 0.25) is 15.9 Å². The molecule has 10 nitrogen and oxygen atoms in total. The molecule has 3 aromatic rings. The van der Waals surface area contributed by atoms with E-state index in [0.717, 1.165) is 17.1 Å². The molecule has 0 spiro atoms. The summed E-state index contributed by atoms with van der Waals surface area (Å²) in [5, 5.41) is 4.25. The average molecular weight is 486 g/mol. The van der Waals surface area contributed by atoms with Gasteiger partial charge in [0.25, 0.3) is 5.78 Å². The maximum Gasteiger partial charge on any atom is 0.254 e. The molecule has 0 radical (unpaired) electrons. The number of aromatic nitrogens is 4. The molecule has 0 bridgehead atoms.